The number of carboxylic acids is 1. The van der Waals surface area contributed by atoms with Crippen molar-refractivity contribution in [3.05, 3.63) is 41.0 Å². The highest BCUT2D eigenvalue weighted by Crippen LogP contribution is 2.39. The second-order valence-electron chi connectivity index (χ2n) is 6.19. The first-order valence-electron chi connectivity index (χ1n) is 7.14. The van der Waals surface area contributed by atoms with Crippen LogP contribution in [0.1, 0.15) is 48.2 Å². The van der Waals surface area contributed by atoms with Gasteiger partial charge in [0.1, 0.15) is 0 Å². The first-order valence-corrected chi connectivity index (χ1v) is 7.14. The molecule has 112 valence electrons. The first-order chi connectivity index (χ1) is 9.79. The number of nitrogens with one attached hydrogen (secondary N) is 1. The molecule has 2 N–H and O–H groups in total. The van der Waals surface area contributed by atoms with Crippen molar-refractivity contribution in [1.82, 2.24) is 5.32 Å². The number of hydrogen-bond acceptors (Lipinski definition) is 2. The Hall–Kier alpha value is -2.10. The van der Waals surface area contributed by atoms with Gasteiger partial charge in [-0.05, 0) is 68.9 Å². The van der Waals surface area contributed by atoms with Crippen molar-refractivity contribution in [1.29, 1.82) is 0 Å². The molecule has 4 heteroatoms. The number of benzene rings is 1. The molecule has 4 nitrogen and oxygen atoms in total. The monoisotopic (exact) mass is 287 g/mol. The normalized spacial score (nSPS) is 15.2. The van der Waals surface area contributed by atoms with Crippen LogP contribution in [0.15, 0.2) is 24.3 Å². The maximum Gasteiger partial charge on any atom is 0.328 e. The van der Waals surface area contributed by atoms with Crippen LogP contribution in [0.4, 0.5) is 0 Å². The zero-order valence-electron chi connectivity index (χ0n) is 12.6. The van der Waals surface area contributed by atoms with E-state index in [9.17, 15) is 9.59 Å². The third-order valence-corrected chi connectivity index (χ3v) is 3.98. The van der Waals surface area contributed by atoms with Gasteiger partial charge in [0.25, 0.3) is 5.91 Å². The predicted molar refractivity (Wildman–Crippen MR) is 82.1 cm³/mol. The van der Waals surface area contributed by atoms with Crippen LogP contribution in [-0.4, -0.2) is 22.5 Å². The van der Waals surface area contributed by atoms with Gasteiger partial charge in [0.15, 0.2) is 0 Å². The molecule has 1 aliphatic carbocycles. The van der Waals surface area contributed by atoms with Gasteiger partial charge >= 0.3 is 5.97 Å². The molecule has 0 aromatic heterocycles. The summed E-state index contributed by atoms with van der Waals surface area (Å²) in [6.07, 6.45) is 4.92. The number of amides is 1. The molecule has 0 atom stereocenters. The van der Waals surface area contributed by atoms with Crippen molar-refractivity contribution in [3.8, 4) is 0 Å². The van der Waals surface area contributed by atoms with Gasteiger partial charge in [0, 0.05) is 17.2 Å². The highest BCUT2D eigenvalue weighted by molar-refractivity contribution is 5.95. The minimum Gasteiger partial charge on any atom is -0.478 e. The number of carboxylic acid groups (broad SMARTS) is 1. The Balaban J connectivity index is 2.17. The van der Waals surface area contributed by atoms with E-state index in [2.05, 4.69) is 5.32 Å². The lowest BCUT2D eigenvalue weighted by atomic mass is 9.97. The fourth-order valence-corrected chi connectivity index (χ4v) is 2.39. The van der Waals surface area contributed by atoms with Gasteiger partial charge in [-0.15, -0.1) is 0 Å². The lowest BCUT2D eigenvalue weighted by Gasteiger charge is -2.26. The fourth-order valence-electron chi connectivity index (χ4n) is 2.39. The lowest BCUT2D eigenvalue weighted by molar-refractivity contribution is -0.131. The number of aryl methyl sites for hydroxylation is 1. The average molecular weight is 287 g/mol. The number of carbonyl (C=O) groups excluding carboxylic acids is 1. The molecule has 1 aromatic rings. The van der Waals surface area contributed by atoms with Crippen LogP contribution in [0.5, 0.6) is 0 Å². The summed E-state index contributed by atoms with van der Waals surface area (Å²) in [7, 11) is 0. The van der Waals surface area contributed by atoms with E-state index in [0.717, 1.165) is 30.0 Å². The number of carbonyl (C=O) groups is 2. The van der Waals surface area contributed by atoms with Gasteiger partial charge in [-0.2, -0.15) is 0 Å². The highest BCUT2D eigenvalue weighted by Gasteiger charge is 2.38. The van der Waals surface area contributed by atoms with Gasteiger partial charge in [-0.25, -0.2) is 4.79 Å². The maximum atomic E-state index is 12.3. The molecule has 0 bridgehead atoms. The summed E-state index contributed by atoms with van der Waals surface area (Å²) in [5, 5.41) is 11.8. The standard InChI is InChI=1S/C17H21NO3/c1-11-4-5-13(10-12(11)6-9-15(19)20)16(21)18-17(2,3)14-7-8-14/h4-6,9-10,14H,7-8H2,1-3H3,(H,18,21)(H,19,20)/b9-6+. The second-order valence-corrected chi connectivity index (χ2v) is 6.19. The van der Waals surface area contributed by atoms with Crippen molar-refractivity contribution in [2.45, 2.75) is 39.2 Å². The van der Waals surface area contributed by atoms with Crippen LogP contribution in [-0.2, 0) is 4.79 Å². The molecule has 0 saturated heterocycles. The topological polar surface area (TPSA) is 66.4 Å². The molecule has 2 rings (SSSR count). The molecule has 0 aliphatic heterocycles. The molecule has 0 radical (unpaired) electrons. The van der Waals surface area contributed by atoms with Crippen LogP contribution in [0.25, 0.3) is 6.08 Å². The Bertz CT molecular complexity index is 598. The van der Waals surface area contributed by atoms with E-state index in [4.69, 9.17) is 5.11 Å². The highest BCUT2D eigenvalue weighted by atomic mass is 16.4. The van der Waals surface area contributed by atoms with E-state index in [0.29, 0.717) is 11.5 Å². The molecular weight excluding hydrogens is 266 g/mol. The van der Waals surface area contributed by atoms with Crippen LogP contribution in [0.3, 0.4) is 0 Å². The molecule has 1 fully saturated rings. The summed E-state index contributed by atoms with van der Waals surface area (Å²) >= 11 is 0. The van der Waals surface area contributed by atoms with Gasteiger partial charge in [0.2, 0.25) is 0 Å². The van der Waals surface area contributed by atoms with Crippen molar-refractivity contribution in [3.63, 3.8) is 0 Å². The van der Waals surface area contributed by atoms with E-state index in [-0.39, 0.29) is 11.4 Å². The minimum absolute atomic E-state index is 0.114. The zero-order valence-corrected chi connectivity index (χ0v) is 12.6. The second kappa shape index (κ2) is 5.72. The van der Waals surface area contributed by atoms with Crippen molar-refractivity contribution < 1.29 is 14.7 Å². The van der Waals surface area contributed by atoms with E-state index >= 15 is 0 Å². The van der Waals surface area contributed by atoms with Crippen molar-refractivity contribution in [2.24, 2.45) is 5.92 Å². The third-order valence-electron chi connectivity index (χ3n) is 3.98. The van der Waals surface area contributed by atoms with E-state index in [1.165, 1.54) is 6.08 Å². The summed E-state index contributed by atoms with van der Waals surface area (Å²) in [4.78, 5) is 22.9. The average Bonchev–Trinajstić information content (AvgIpc) is 3.21. The summed E-state index contributed by atoms with van der Waals surface area (Å²) in [5.74, 6) is -0.561. The Kier molecular flexibility index (Phi) is 4.16. The van der Waals surface area contributed by atoms with Crippen molar-refractivity contribution in [2.75, 3.05) is 0 Å². The van der Waals surface area contributed by atoms with Crippen LogP contribution in [0, 0.1) is 12.8 Å². The molecule has 0 spiro atoms. The van der Waals surface area contributed by atoms with Gasteiger partial charge in [-0.1, -0.05) is 6.07 Å². The molecule has 0 heterocycles. The Morgan fingerprint density at radius 3 is 2.57 bits per heavy atom. The lowest BCUT2D eigenvalue weighted by Crippen LogP contribution is -2.45. The molecule has 1 amide bonds. The van der Waals surface area contributed by atoms with E-state index in [1.54, 1.807) is 12.1 Å². The smallest absolute Gasteiger partial charge is 0.328 e. The number of aliphatic carboxylic acids is 1. The third kappa shape index (κ3) is 3.94. The largest absolute Gasteiger partial charge is 0.478 e. The van der Waals surface area contributed by atoms with Gasteiger partial charge in [0.05, 0.1) is 0 Å². The SMILES string of the molecule is Cc1ccc(C(=O)NC(C)(C)C2CC2)cc1/C=C/C(=O)O. The Morgan fingerprint density at radius 2 is 2.00 bits per heavy atom. The molecule has 1 aliphatic rings. The predicted octanol–water partition coefficient (Wildman–Crippen LogP) is 3.01. The minimum atomic E-state index is -1.00. The van der Waals surface area contributed by atoms with Gasteiger partial charge < -0.3 is 10.4 Å². The first kappa shape index (κ1) is 15.3. The molecular formula is C17H21NO3. The maximum absolute atomic E-state index is 12.3. The molecule has 1 aromatic carbocycles. The Morgan fingerprint density at radius 1 is 1.33 bits per heavy atom. The molecule has 1 saturated carbocycles. The quantitative estimate of drug-likeness (QED) is 0.818. The number of hydrogen-bond donors (Lipinski definition) is 2. The summed E-state index contributed by atoms with van der Waals surface area (Å²) in [5.41, 5.74) is 2.04. The number of rotatable bonds is 5. The Labute approximate surface area is 124 Å². The van der Waals surface area contributed by atoms with E-state index in [1.807, 2.05) is 26.8 Å². The summed E-state index contributed by atoms with van der Waals surface area (Å²) in [6, 6.07) is 5.33. The summed E-state index contributed by atoms with van der Waals surface area (Å²) < 4.78 is 0. The molecule has 21 heavy (non-hydrogen) atoms. The van der Waals surface area contributed by atoms with Crippen LogP contribution < -0.4 is 5.32 Å². The summed E-state index contributed by atoms with van der Waals surface area (Å²) in [6.45, 7) is 5.97. The van der Waals surface area contributed by atoms with Crippen LogP contribution >= 0.6 is 0 Å². The van der Waals surface area contributed by atoms with Gasteiger partial charge in [-0.3, -0.25) is 4.79 Å². The van der Waals surface area contributed by atoms with Crippen LogP contribution in [0.2, 0.25) is 0 Å². The van der Waals surface area contributed by atoms with Crippen molar-refractivity contribution >= 4 is 18.0 Å². The molecule has 0 unspecified atom stereocenters. The zero-order chi connectivity index (χ0) is 15.6. The fraction of sp³-hybridized carbons (Fsp3) is 0.412. The van der Waals surface area contributed by atoms with E-state index < -0.39 is 5.97 Å².